The van der Waals surface area contributed by atoms with Crippen molar-refractivity contribution < 1.29 is 39.7 Å². The molecule has 3 rings (SSSR count). The van der Waals surface area contributed by atoms with Gasteiger partial charge >= 0.3 is 0 Å². The summed E-state index contributed by atoms with van der Waals surface area (Å²) in [7, 11) is 0. The highest BCUT2D eigenvalue weighted by Crippen LogP contribution is 2.43. The van der Waals surface area contributed by atoms with Crippen LogP contribution in [-0.4, -0.2) is 75.1 Å². The molecule has 0 radical (unpaired) electrons. The van der Waals surface area contributed by atoms with Gasteiger partial charge < -0.3 is 39.7 Å². The van der Waals surface area contributed by atoms with Crippen LogP contribution in [0.15, 0.2) is 0 Å². The Kier molecular flexibility index (Phi) is 5.91. The molecule has 1 aromatic rings. The number of aliphatic hydroxyl groups is 4. The van der Waals surface area contributed by atoms with Gasteiger partial charge in [0.1, 0.15) is 41.5 Å². The van der Waals surface area contributed by atoms with Gasteiger partial charge in [-0.15, -0.1) is 0 Å². The summed E-state index contributed by atoms with van der Waals surface area (Å²) in [6, 6.07) is 0. The lowest BCUT2D eigenvalue weighted by atomic mass is 9.87. The van der Waals surface area contributed by atoms with Gasteiger partial charge in [0.15, 0.2) is 6.29 Å². The van der Waals surface area contributed by atoms with E-state index in [4.69, 9.17) is 14.2 Å². The second kappa shape index (κ2) is 7.78. The normalized spacial score (nSPS) is 35.4. The Morgan fingerprint density at radius 3 is 2.36 bits per heavy atom. The molecule has 2 aliphatic rings. The van der Waals surface area contributed by atoms with E-state index < -0.39 is 42.9 Å². The summed E-state index contributed by atoms with van der Waals surface area (Å²) in [5.74, 6) is 1.03. The van der Waals surface area contributed by atoms with Crippen molar-refractivity contribution in [3.05, 3.63) is 22.3 Å². The third kappa shape index (κ3) is 3.60. The van der Waals surface area contributed by atoms with E-state index in [1.54, 1.807) is 0 Å². The number of hydrogen-bond donors (Lipinski definition) is 5. The molecule has 2 heterocycles. The van der Waals surface area contributed by atoms with E-state index in [0.29, 0.717) is 18.6 Å². The van der Waals surface area contributed by atoms with Crippen LogP contribution in [0.4, 0.5) is 0 Å². The first-order valence-electron chi connectivity index (χ1n) is 9.52. The standard InChI is InChI=1S/C20H30O8/c1-9-10(2)18-12(11(3)14(9)22)5-6-20(4,28-18)8-26-19-17(25)16(24)15(23)13(7-21)27-19/h13,15-17,19,21-25H,5-8H2,1-4H3/t13-,15-,16+,17-,19-,20?/m0/s1. The summed E-state index contributed by atoms with van der Waals surface area (Å²) in [5.41, 5.74) is 2.74. The molecule has 8 heteroatoms. The maximum atomic E-state index is 10.3. The number of fused-ring (bicyclic) bond motifs is 1. The zero-order valence-corrected chi connectivity index (χ0v) is 16.7. The Hall–Kier alpha value is -1.42. The summed E-state index contributed by atoms with van der Waals surface area (Å²) >= 11 is 0. The number of phenolic OH excluding ortho intramolecular Hbond substituents is 1. The van der Waals surface area contributed by atoms with Crippen molar-refractivity contribution in [2.75, 3.05) is 13.2 Å². The van der Waals surface area contributed by atoms with E-state index in [-0.39, 0.29) is 6.61 Å². The molecule has 0 aliphatic carbocycles. The molecule has 0 aromatic heterocycles. The van der Waals surface area contributed by atoms with Crippen LogP contribution in [-0.2, 0) is 15.9 Å². The lowest BCUT2D eigenvalue weighted by molar-refractivity contribution is -0.307. The number of aromatic hydroxyl groups is 1. The fourth-order valence-corrected chi connectivity index (χ4v) is 3.86. The molecule has 28 heavy (non-hydrogen) atoms. The van der Waals surface area contributed by atoms with Crippen LogP contribution < -0.4 is 4.74 Å². The van der Waals surface area contributed by atoms with Crippen molar-refractivity contribution in [3.8, 4) is 11.5 Å². The van der Waals surface area contributed by atoms with Gasteiger partial charge in [-0.1, -0.05) is 0 Å². The number of ether oxygens (including phenoxy) is 3. The number of benzene rings is 1. The maximum absolute atomic E-state index is 10.3. The van der Waals surface area contributed by atoms with Crippen molar-refractivity contribution in [2.45, 2.75) is 76.8 Å². The van der Waals surface area contributed by atoms with E-state index in [1.807, 2.05) is 27.7 Å². The zero-order valence-electron chi connectivity index (χ0n) is 16.7. The molecule has 158 valence electrons. The fraction of sp³-hybridized carbons (Fsp3) is 0.700. The van der Waals surface area contributed by atoms with E-state index in [1.165, 1.54) is 0 Å². The number of hydrogen-bond acceptors (Lipinski definition) is 8. The van der Waals surface area contributed by atoms with E-state index in [2.05, 4.69) is 0 Å². The van der Waals surface area contributed by atoms with Crippen molar-refractivity contribution in [1.82, 2.24) is 0 Å². The van der Waals surface area contributed by atoms with E-state index in [9.17, 15) is 25.5 Å². The molecule has 1 saturated heterocycles. The van der Waals surface area contributed by atoms with Crippen LogP contribution in [0.5, 0.6) is 11.5 Å². The summed E-state index contributed by atoms with van der Waals surface area (Å²) < 4.78 is 17.4. The molecule has 8 nitrogen and oxygen atoms in total. The predicted octanol–water partition coefficient (Wildman–Crippen LogP) is 0.218. The first-order chi connectivity index (χ1) is 13.1. The lowest BCUT2D eigenvalue weighted by Crippen LogP contribution is -2.60. The molecule has 2 aliphatic heterocycles. The van der Waals surface area contributed by atoms with E-state index >= 15 is 0 Å². The summed E-state index contributed by atoms with van der Waals surface area (Å²) in [6.45, 7) is 7.07. The molecule has 5 N–H and O–H groups in total. The molecule has 0 spiro atoms. The van der Waals surface area contributed by atoms with Crippen LogP contribution in [0.2, 0.25) is 0 Å². The predicted molar refractivity (Wildman–Crippen MR) is 99.4 cm³/mol. The topological polar surface area (TPSA) is 129 Å². The van der Waals surface area contributed by atoms with Crippen molar-refractivity contribution in [2.24, 2.45) is 0 Å². The molecule has 6 atom stereocenters. The third-order valence-electron chi connectivity index (χ3n) is 5.99. The van der Waals surface area contributed by atoms with Gasteiger partial charge in [-0.2, -0.15) is 0 Å². The molecule has 0 amide bonds. The lowest BCUT2D eigenvalue weighted by Gasteiger charge is -2.42. The van der Waals surface area contributed by atoms with Crippen molar-refractivity contribution in [3.63, 3.8) is 0 Å². The van der Waals surface area contributed by atoms with Gasteiger partial charge in [0, 0.05) is 5.56 Å². The number of aliphatic hydroxyl groups excluding tert-OH is 4. The third-order valence-corrected chi connectivity index (χ3v) is 5.99. The average Bonchev–Trinajstić information content (AvgIpc) is 2.68. The quantitative estimate of drug-likeness (QED) is 0.487. The second-order valence-corrected chi connectivity index (χ2v) is 8.09. The van der Waals surface area contributed by atoms with Gasteiger partial charge in [-0.3, -0.25) is 0 Å². The summed E-state index contributed by atoms with van der Waals surface area (Å²) in [4.78, 5) is 0. The summed E-state index contributed by atoms with van der Waals surface area (Å²) in [6.07, 6.45) is -5.23. The maximum Gasteiger partial charge on any atom is 0.186 e. The van der Waals surface area contributed by atoms with Gasteiger partial charge in [0.25, 0.3) is 0 Å². The first kappa shape index (κ1) is 21.3. The van der Waals surface area contributed by atoms with Crippen LogP contribution in [0.1, 0.15) is 35.6 Å². The minimum Gasteiger partial charge on any atom is -0.507 e. The minimum atomic E-state index is -1.48. The SMILES string of the molecule is Cc1c(C)c2c(c(C)c1O)CCC(C)(CO[C@H]1O[C@@H](CO)[C@H](O)[C@@H](O)[C@@H]1O)O2. The van der Waals surface area contributed by atoms with Gasteiger partial charge in [-0.25, -0.2) is 0 Å². The smallest absolute Gasteiger partial charge is 0.186 e. The largest absolute Gasteiger partial charge is 0.507 e. The van der Waals surface area contributed by atoms with Crippen LogP contribution in [0.25, 0.3) is 0 Å². The number of phenols is 1. The Labute approximate surface area is 164 Å². The Bertz CT molecular complexity index is 734. The number of rotatable bonds is 4. The molecule has 0 bridgehead atoms. The Morgan fingerprint density at radius 2 is 1.71 bits per heavy atom. The average molecular weight is 398 g/mol. The molecular weight excluding hydrogens is 368 g/mol. The highest BCUT2D eigenvalue weighted by molar-refractivity contribution is 5.58. The summed E-state index contributed by atoms with van der Waals surface area (Å²) in [5, 5.41) is 49.5. The van der Waals surface area contributed by atoms with Crippen LogP contribution in [0.3, 0.4) is 0 Å². The highest BCUT2D eigenvalue weighted by atomic mass is 16.7. The van der Waals surface area contributed by atoms with Crippen LogP contribution >= 0.6 is 0 Å². The molecular formula is C20H30O8. The fourth-order valence-electron chi connectivity index (χ4n) is 3.86. The Morgan fingerprint density at radius 1 is 1.04 bits per heavy atom. The van der Waals surface area contributed by atoms with E-state index in [0.717, 1.165) is 28.0 Å². The van der Waals surface area contributed by atoms with Gasteiger partial charge in [0.2, 0.25) is 0 Å². The molecule has 1 fully saturated rings. The van der Waals surface area contributed by atoms with Crippen molar-refractivity contribution >= 4 is 0 Å². The monoisotopic (exact) mass is 398 g/mol. The van der Waals surface area contributed by atoms with Gasteiger partial charge in [0.05, 0.1) is 13.2 Å². The molecule has 1 unspecified atom stereocenters. The van der Waals surface area contributed by atoms with Crippen molar-refractivity contribution in [1.29, 1.82) is 0 Å². The Balaban J connectivity index is 1.74. The van der Waals surface area contributed by atoms with Gasteiger partial charge in [-0.05, 0) is 57.2 Å². The minimum absolute atomic E-state index is 0.0769. The second-order valence-electron chi connectivity index (χ2n) is 8.09. The first-order valence-corrected chi connectivity index (χ1v) is 9.52. The highest BCUT2D eigenvalue weighted by Gasteiger charge is 2.45. The molecule has 1 aromatic carbocycles. The van der Waals surface area contributed by atoms with Crippen LogP contribution in [0, 0.1) is 20.8 Å². The molecule has 0 saturated carbocycles. The zero-order chi connectivity index (χ0) is 20.8.